The van der Waals surface area contributed by atoms with Gasteiger partial charge in [0.25, 0.3) is 0 Å². The van der Waals surface area contributed by atoms with E-state index in [1.54, 1.807) is 13.0 Å². The van der Waals surface area contributed by atoms with Crippen molar-refractivity contribution in [2.75, 3.05) is 19.8 Å². The highest BCUT2D eigenvalue weighted by Crippen LogP contribution is 2.76. The average Bonchev–Trinajstić information content (AvgIpc) is 3.77. The van der Waals surface area contributed by atoms with Crippen LogP contribution in [0.2, 0.25) is 0 Å². The summed E-state index contributed by atoms with van der Waals surface area (Å²) < 4.78 is 43.0. The molecule has 8 aliphatic rings. The van der Waals surface area contributed by atoms with Crippen molar-refractivity contribution in [3.8, 4) is 0 Å². The van der Waals surface area contributed by atoms with E-state index in [1.165, 1.54) is 6.92 Å². The van der Waals surface area contributed by atoms with Crippen LogP contribution in [0.1, 0.15) is 106 Å². The van der Waals surface area contributed by atoms with Gasteiger partial charge in [-0.15, -0.1) is 0 Å². The first-order valence-electron chi connectivity index (χ1n) is 24.1. The van der Waals surface area contributed by atoms with Gasteiger partial charge in [0.15, 0.2) is 25.2 Å². The SMILES string of the molecule is CC(=CC1CC(O)(C2CCC3(C)C2CCC2C4(C)CCC(OC5OCC(O)C(OC6OC(CO)C(O)C(O)C6O)C5OC5OC(C)C(O)C(O)C5O)C(C)(C)C4CCC23C)C(O)O1)CO. The molecule has 25 unspecified atom stereocenters. The van der Waals surface area contributed by atoms with E-state index in [4.69, 9.17) is 33.2 Å². The molecular formula is C47H78O18. The molecule has 4 saturated heterocycles. The average molecular weight is 931 g/mol. The molecule has 0 amide bonds. The summed E-state index contributed by atoms with van der Waals surface area (Å²) in [5.41, 5.74) is -1.33. The molecule has 8 fully saturated rings. The van der Waals surface area contributed by atoms with Gasteiger partial charge >= 0.3 is 0 Å². The van der Waals surface area contributed by atoms with E-state index in [1.807, 2.05) is 0 Å². The van der Waals surface area contributed by atoms with Crippen LogP contribution >= 0.6 is 0 Å². The number of aliphatic hydroxyl groups excluding tert-OH is 10. The van der Waals surface area contributed by atoms with Crippen molar-refractivity contribution in [3.05, 3.63) is 11.6 Å². The third kappa shape index (κ3) is 8.21. The molecule has 18 heteroatoms. The largest absolute Gasteiger partial charge is 0.394 e. The van der Waals surface area contributed by atoms with E-state index in [0.29, 0.717) is 12.3 Å². The van der Waals surface area contributed by atoms with E-state index >= 15 is 0 Å². The number of fused-ring (bicyclic) bond motifs is 5. The van der Waals surface area contributed by atoms with Crippen LogP contribution in [0.4, 0.5) is 0 Å². The molecule has 0 aromatic heterocycles. The lowest BCUT2D eigenvalue weighted by Gasteiger charge is -2.70. The first-order valence-corrected chi connectivity index (χ1v) is 24.1. The molecule has 0 spiro atoms. The molecule has 18 nitrogen and oxygen atoms in total. The van der Waals surface area contributed by atoms with Crippen LogP contribution in [0.5, 0.6) is 0 Å². The molecule has 4 aliphatic carbocycles. The number of aliphatic hydroxyl groups is 11. The number of rotatable bonds is 10. The van der Waals surface area contributed by atoms with Crippen LogP contribution in [0.3, 0.4) is 0 Å². The maximum absolute atomic E-state index is 12.2. The Bertz CT molecular complexity index is 1700. The van der Waals surface area contributed by atoms with E-state index in [2.05, 4.69) is 34.6 Å². The van der Waals surface area contributed by atoms with Gasteiger partial charge in [-0.3, -0.25) is 0 Å². The fraction of sp³-hybridized carbons (Fsp3) is 0.957. The minimum atomic E-state index is -1.81. The van der Waals surface area contributed by atoms with Crippen molar-refractivity contribution in [3.63, 3.8) is 0 Å². The lowest BCUT2D eigenvalue weighted by atomic mass is 9.35. The van der Waals surface area contributed by atoms with Gasteiger partial charge in [-0.05, 0) is 116 Å². The van der Waals surface area contributed by atoms with Crippen molar-refractivity contribution in [1.29, 1.82) is 0 Å². The standard InChI is InChI=1S/C47H78O18/c1-21(18-48)16-23-17-47(58,42(57)61-23)25-10-14-45(6)24(25)8-9-29-44(5)13-12-30(43(3,4)28(44)11-15-46(29,45)7)63-41-38(65-39-35(55)33(53)31(51)22(2)60-39)37(26(50)20-59-41)64-40-36(56)34(54)32(52)27(19-49)62-40/h16,22-42,48-58H,8-15,17-20H2,1-7H3. The first kappa shape index (κ1) is 50.4. The van der Waals surface area contributed by atoms with Crippen LogP contribution in [0.25, 0.3) is 0 Å². The zero-order valence-electron chi connectivity index (χ0n) is 39.0. The molecule has 0 bridgehead atoms. The van der Waals surface area contributed by atoms with Crippen LogP contribution in [0, 0.1) is 45.3 Å². The maximum Gasteiger partial charge on any atom is 0.187 e. The molecule has 0 aromatic rings. The van der Waals surface area contributed by atoms with Crippen LogP contribution in [-0.2, 0) is 33.2 Å². The molecule has 4 heterocycles. The summed E-state index contributed by atoms with van der Waals surface area (Å²) in [4.78, 5) is 0. The Hall–Kier alpha value is -0.980. The predicted molar refractivity (Wildman–Crippen MR) is 227 cm³/mol. The summed E-state index contributed by atoms with van der Waals surface area (Å²) in [6, 6.07) is 0. The summed E-state index contributed by atoms with van der Waals surface area (Å²) in [5, 5.41) is 118. The van der Waals surface area contributed by atoms with E-state index < -0.39 is 122 Å². The van der Waals surface area contributed by atoms with Crippen LogP contribution in [0.15, 0.2) is 11.6 Å². The van der Waals surface area contributed by atoms with Crippen molar-refractivity contribution >= 4 is 0 Å². The van der Waals surface area contributed by atoms with Gasteiger partial charge in [-0.25, -0.2) is 0 Å². The fourth-order valence-electron chi connectivity index (χ4n) is 15.1. The monoisotopic (exact) mass is 931 g/mol. The second-order valence-corrected chi connectivity index (χ2v) is 22.5. The summed E-state index contributed by atoms with van der Waals surface area (Å²) in [7, 11) is 0. The third-order valence-corrected chi connectivity index (χ3v) is 18.9. The molecule has 374 valence electrons. The van der Waals surface area contributed by atoms with Gasteiger partial charge in [0, 0.05) is 6.42 Å². The fourth-order valence-corrected chi connectivity index (χ4v) is 15.1. The molecule has 0 radical (unpaired) electrons. The van der Waals surface area contributed by atoms with Crippen LogP contribution < -0.4 is 0 Å². The Morgan fingerprint density at radius 1 is 0.646 bits per heavy atom. The van der Waals surface area contributed by atoms with Gasteiger partial charge in [-0.1, -0.05) is 40.7 Å². The Labute approximate surface area is 381 Å². The van der Waals surface area contributed by atoms with E-state index in [-0.39, 0.29) is 53.6 Å². The number of hydrogen-bond acceptors (Lipinski definition) is 18. The Balaban J connectivity index is 1.02. The topological polar surface area (TPSA) is 287 Å². The lowest BCUT2D eigenvalue weighted by Crippen LogP contribution is -2.66. The van der Waals surface area contributed by atoms with Gasteiger partial charge in [0.05, 0.1) is 38.1 Å². The van der Waals surface area contributed by atoms with Crippen molar-refractivity contribution < 1.29 is 89.3 Å². The highest BCUT2D eigenvalue weighted by Gasteiger charge is 2.71. The third-order valence-electron chi connectivity index (χ3n) is 18.9. The van der Waals surface area contributed by atoms with Crippen LogP contribution in [-0.4, -0.2) is 186 Å². The minimum Gasteiger partial charge on any atom is -0.394 e. The van der Waals surface area contributed by atoms with E-state index in [9.17, 15) is 56.2 Å². The molecule has 4 saturated carbocycles. The minimum absolute atomic E-state index is 0.0557. The van der Waals surface area contributed by atoms with Crippen molar-refractivity contribution in [1.82, 2.24) is 0 Å². The van der Waals surface area contributed by atoms with Gasteiger partial charge in [0.1, 0.15) is 66.6 Å². The Kier molecular flexibility index (Phi) is 14.2. The molecule has 25 atom stereocenters. The Morgan fingerprint density at radius 2 is 1.29 bits per heavy atom. The normalized spacial score (nSPS) is 55.9. The summed E-state index contributed by atoms with van der Waals surface area (Å²) >= 11 is 0. The van der Waals surface area contributed by atoms with Crippen molar-refractivity contribution in [2.45, 2.75) is 216 Å². The zero-order chi connectivity index (χ0) is 47.3. The van der Waals surface area contributed by atoms with Gasteiger partial charge in [0.2, 0.25) is 0 Å². The quantitative estimate of drug-likeness (QED) is 0.101. The second-order valence-electron chi connectivity index (χ2n) is 22.5. The number of hydrogen-bond donors (Lipinski definition) is 11. The zero-order valence-corrected chi connectivity index (χ0v) is 39.0. The van der Waals surface area contributed by atoms with Gasteiger partial charge in [-0.2, -0.15) is 0 Å². The van der Waals surface area contributed by atoms with Gasteiger partial charge < -0.3 is 89.3 Å². The van der Waals surface area contributed by atoms with E-state index in [0.717, 1.165) is 50.5 Å². The maximum atomic E-state index is 12.2. The van der Waals surface area contributed by atoms with Crippen molar-refractivity contribution in [2.24, 2.45) is 45.3 Å². The second kappa shape index (κ2) is 18.3. The summed E-state index contributed by atoms with van der Waals surface area (Å²) in [6.45, 7) is 13.9. The Morgan fingerprint density at radius 3 is 1.97 bits per heavy atom. The lowest BCUT2D eigenvalue weighted by molar-refractivity contribution is -0.388. The predicted octanol–water partition coefficient (Wildman–Crippen LogP) is -0.0513. The first-order chi connectivity index (χ1) is 30.5. The highest BCUT2D eigenvalue weighted by atomic mass is 16.8. The molecule has 4 aliphatic heterocycles. The molecule has 8 rings (SSSR count). The summed E-state index contributed by atoms with van der Waals surface area (Å²) in [6.07, 6.45) is -14.2. The molecule has 0 aromatic carbocycles. The summed E-state index contributed by atoms with van der Waals surface area (Å²) in [5.74, 6) is 0.623. The smallest absolute Gasteiger partial charge is 0.187 e. The molecule has 65 heavy (non-hydrogen) atoms. The molecular weight excluding hydrogens is 852 g/mol. The highest BCUT2D eigenvalue weighted by molar-refractivity contribution is 5.20. The molecule has 11 N–H and O–H groups in total. The number of ether oxygens (including phenoxy) is 7.